The van der Waals surface area contributed by atoms with Crippen LogP contribution in [-0.2, 0) is 10.0 Å². The molecule has 0 spiro atoms. The second-order valence-corrected chi connectivity index (χ2v) is 8.92. The second-order valence-electron chi connectivity index (χ2n) is 6.98. The van der Waals surface area contributed by atoms with Gasteiger partial charge in [0, 0.05) is 31.0 Å². The van der Waals surface area contributed by atoms with Crippen LogP contribution in [0, 0.1) is 0 Å². The maximum absolute atomic E-state index is 13.0. The fourth-order valence-corrected chi connectivity index (χ4v) is 4.62. The molecule has 1 N–H and O–H groups in total. The Balaban J connectivity index is 1.93. The average molecular weight is 404 g/mol. The zero-order valence-electron chi connectivity index (χ0n) is 16.1. The van der Waals surface area contributed by atoms with Gasteiger partial charge in [-0.1, -0.05) is 6.42 Å². The van der Waals surface area contributed by atoms with E-state index >= 15 is 0 Å². The summed E-state index contributed by atoms with van der Waals surface area (Å²) in [4.78, 5) is 16.6. The van der Waals surface area contributed by atoms with Crippen LogP contribution in [0.25, 0.3) is 0 Å². The van der Waals surface area contributed by atoms with E-state index in [1.165, 1.54) is 28.8 Å². The Bertz CT molecular complexity index is 924. The molecule has 8 heteroatoms. The number of carbonyl (C=O) groups is 1. The van der Waals surface area contributed by atoms with Gasteiger partial charge in [0.15, 0.2) is 0 Å². The van der Waals surface area contributed by atoms with Gasteiger partial charge in [-0.2, -0.15) is 4.31 Å². The van der Waals surface area contributed by atoms with E-state index in [1.807, 2.05) is 13.8 Å². The largest absolute Gasteiger partial charge is 0.489 e. The van der Waals surface area contributed by atoms with Gasteiger partial charge in [0.05, 0.1) is 16.7 Å². The van der Waals surface area contributed by atoms with Crippen LogP contribution in [0.5, 0.6) is 5.75 Å². The fourth-order valence-electron chi connectivity index (χ4n) is 3.08. The molecular weight excluding hydrogens is 378 g/mol. The van der Waals surface area contributed by atoms with Gasteiger partial charge in [-0.05, 0) is 57.0 Å². The third-order valence-corrected chi connectivity index (χ3v) is 6.35. The van der Waals surface area contributed by atoms with Crippen molar-refractivity contribution in [1.29, 1.82) is 0 Å². The Kier molecular flexibility index (Phi) is 6.31. The standard InChI is InChI=1S/C20H25N3O4S/c1-15(2)27-19-7-6-17(28(25,26)23-12-4-3-5-13-23)14-18(19)22-20(24)16-8-10-21-11-9-16/h6-11,14-15H,3-5,12-13H2,1-2H3,(H,22,24). The molecule has 1 aromatic heterocycles. The molecular formula is C20H25N3O4S. The van der Waals surface area contributed by atoms with Crippen LogP contribution in [0.2, 0.25) is 0 Å². The van der Waals surface area contributed by atoms with Gasteiger partial charge in [0.1, 0.15) is 5.75 Å². The minimum atomic E-state index is -3.61. The molecule has 0 saturated carbocycles. The Morgan fingerprint density at radius 2 is 1.79 bits per heavy atom. The quantitative estimate of drug-likeness (QED) is 0.799. The monoisotopic (exact) mass is 403 g/mol. The average Bonchev–Trinajstić information content (AvgIpc) is 2.70. The van der Waals surface area contributed by atoms with E-state index in [4.69, 9.17) is 4.74 Å². The SMILES string of the molecule is CC(C)Oc1ccc(S(=O)(=O)N2CCCCC2)cc1NC(=O)c1ccncc1. The fraction of sp³-hybridized carbons (Fsp3) is 0.400. The van der Waals surface area contributed by atoms with Gasteiger partial charge in [-0.15, -0.1) is 0 Å². The molecule has 0 atom stereocenters. The first kappa shape index (κ1) is 20.3. The molecule has 0 radical (unpaired) electrons. The lowest BCUT2D eigenvalue weighted by molar-refractivity contribution is 0.102. The maximum Gasteiger partial charge on any atom is 0.255 e. The highest BCUT2D eigenvalue weighted by Crippen LogP contribution is 2.31. The number of carbonyl (C=O) groups excluding carboxylic acids is 1. The summed E-state index contributed by atoms with van der Waals surface area (Å²) in [7, 11) is -3.61. The van der Waals surface area contributed by atoms with Crippen LogP contribution in [0.3, 0.4) is 0 Å². The van der Waals surface area contributed by atoms with Crippen LogP contribution in [-0.4, -0.2) is 42.8 Å². The molecule has 1 saturated heterocycles. The third kappa shape index (κ3) is 4.69. The first-order chi connectivity index (χ1) is 13.4. The van der Waals surface area contributed by atoms with Gasteiger partial charge < -0.3 is 10.1 Å². The number of sulfonamides is 1. The Morgan fingerprint density at radius 1 is 1.11 bits per heavy atom. The first-order valence-corrected chi connectivity index (χ1v) is 10.8. The van der Waals surface area contributed by atoms with Crippen molar-refractivity contribution in [2.24, 2.45) is 0 Å². The predicted molar refractivity (Wildman–Crippen MR) is 107 cm³/mol. The molecule has 1 aliphatic heterocycles. The molecule has 1 amide bonds. The summed E-state index contributed by atoms with van der Waals surface area (Å²) in [5.74, 6) is 0.0681. The number of ether oxygens (including phenoxy) is 1. The predicted octanol–water partition coefficient (Wildman–Crippen LogP) is 3.30. The zero-order chi connectivity index (χ0) is 20.1. The summed E-state index contributed by atoms with van der Waals surface area (Å²) in [5.41, 5.74) is 0.753. The third-order valence-electron chi connectivity index (χ3n) is 4.46. The van der Waals surface area contributed by atoms with Crippen molar-refractivity contribution in [3.05, 3.63) is 48.3 Å². The first-order valence-electron chi connectivity index (χ1n) is 9.40. The van der Waals surface area contributed by atoms with Crippen LogP contribution < -0.4 is 10.1 Å². The number of rotatable bonds is 6. The highest BCUT2D eigenvalue weighted by molar-refractivity contribution is 7.89. The van der Waals surface area contributed by atoms with Crippen molar-refractivity contribution in [2.75, 3.05) is 18.4 Å². The number of hydrogen-bond donors (Lipinski definition) is 1. The summed E-state index contributed by atoms with van der Waals surface area (Å²) >= 11 is 0. The number of piperidine rings is 1. The highest BCUT2D eigenvalue weighted by atomic mass is 32.2. The van der Waals surface area contributed by atoms with E-state index in [9.17, 15) is 13.2 Å². The smallest absolute Gasteiger partial charge is 0.255 e. The molecule has 7 nitrogen and oxygen atoms in total. The van der Waals surface area contributed by atoms with Crippen LogP contribution in [0.1, 0.15) is 43.5 Å². The van der Waals surface area contributed by atoms with Crippen LogP contribution in [0.4, 0.5) is 5.69 Å². The van der Waals surface area contributed by atoms with E-state index in [2.05, 4.69) is 10.3 Å². The molecule has 1 aliphatic rings. The topological polar surface area (TPSA) is 88.6 Å². The Labute approximate surface area is 165 Å². The summed E-state index contributed by atoms with van der Waals surface area (Å²) in [6, 6.07) is 7.78. The van der Waals surface area contributed by atoms with E-state index in [0.717, 1.165) is 19.3 Å². The number of benzene rings is 1. The molecule has 2 aromatic rings. The number of aromatic nitrogens is 1. The second kappa shape index (κ2) is 8.70. The van der Waals surface area contributed by atoms with E-state index in [0.29, 0.717) is 30.1 Å². The van der Waals surface area contributed by atoms with E-state index in [1.54, 1.807) is 18.2 Å². The number of nitrogens with one attached hydrogen (secondary N) is 1. The van der Waals surface area contributed by atoms with Crippen LogP contribution >= 0.6 is 0 Å². The van der Waals surface area contributed by atoms with Gasteiger partial charge in [0.25, 0.3) is 5.91 Å². The van der Waals surface area contributed by atoms with Crippen molar-refractivity contribution < 1.29 is 17.9 Å². The van der Waals surface area contributed by atoms with E-state index in [-0.39, 0.29) is 16.9 Å². The molecule has 1 fully saturated rings. The molecule has 2 heterocycles. The summed E-state index contributed by atoms with van der Waals surface area (Å²) < 4.78 is 33.2. The number of pyridine rings is 1. The van der Waals surface area contributed by atoms with Crippen molar-refractivity contribution in [3.8, 4) is 5.75 Å². The lowest BCUT2D eigenvalue weighted by Crippen LogP contribution is -2.35. The van der Waals surface area contributed by atoms with Crippen molar-refractivity contribution in [2.45, 2.75) is 44.1 Å². The Hall–Kier alpha value is -2.45. The molecule has 28 heavy (non-hydrogen) atoms. The minimum Gasteiger partial charge on any atom is -0.489 e. The number of nitrogens with zero attached hydrogens (tertiary/aromatic N) is 2. The number of hydrogen-bond acceptors (Lipinski definition) is 5. The summed E-state index contributed by atoms with van der Waals surface area (Å²) in [6.07, 6.45) is 5.69. The number of anilines is 1. The normalized spacial score (nSPS) is 15.4. The highest BCUT2D eigenvalue weighted by Gasteiger charge is 2.27. The zero-order valence-corrected chi connectivity index (χ0v) is 16.9. The lowest BCUT2D eigenvalue weighted by Gasteiger charge is -2.26. The molecule has 0 unspecified atom stereocenters. The van der Waals surface area contributed by atoms with Crippen molar-refractivity contribution in [3.63, 3.8) is 0 Å². The van der Waals surface area contributed by atoms with Gasteiger partial charge in [-0.25, -0.2) is 8.42 Å². The maximum atomic E-state index is 13.0. The Morgan fingerprint density at radius 3 is 2.43 bits per heavy atom. The molecule has 1 aromatic carbocycles. The van der Waals surface area contributed by atoms with E-state index < -0.39 is 10.0 Å². The summed E-state index contributed by atoms with van der Waals surface area (Å²) in [6.45, 7) is 4.77. The van der Waals surface area contributed by atoms with Crippen LogP contribution in [0.15, 0.2) is 47.6 Å². The lowest BCUT2D eigenvalue weighted by atomic mass is 10.2. The van der Waals surface area contributed by atoms with Gasteiger partial charge >= 0.3 is 0 Å². The molecule has 0 aliphatic carbocycles. The van der Waals surface area contributed by atoms with Gasteiger partial charge in [-0.3, -0.25) is 9.78 Å². The molecule has 150 valence electrons. The molecule has 3 rings (SSSR count). The summed E-state index contributed by atoms with van der Waals surface area (Å²) in [5, 5.41) is 2.77. The van der Waals surface area contributed by atoms with Crippen molar-refractivity contribution in [1.82, 2.24) is 9.29 Å². The minimum absolute atomic E-state index is 0.124. The van der Waals surface area contributed by atoms with Crippen molar-refractivity contribution >= 4 is 21.6 Å². The van der Waals surface area contributed by atoms with Gasteiger partial charge in [0.2, 0.25) is 10.0 Å². The number of amides is 1. The molecule has 0 bridgehead atoms.